The standard InChI is InChI=1S/C25H24ClF2N3O3/c1-15(32)18-12-30(21-11-29-9-8-17(18)21)13-23(34)31-14-25(2,28)10-20(31)22(33)7-6-16-4-3-5-19(26)24(16)27/h3-5,8-9,11-12,20H,6-7,10,13-14H2,1-2H3/t20-,25+/m0/s1. The summed E-state index contributed by atoms with van der Waals surface area (Å²) >= 11 is 5.81. The first-order valence-corrected chi connectivity index (χ1v) is 11.3. The molecule has 2 atom stereocenters. The number of hydrogen-bond acceptors (Lipinski definition) is 4. The number of carbonyl (C=O) groups excluding carboxylic acids is 3. The van der Waals surface area contributed by atoms with Gasteiger partial charge in [0.05, 0.1) is 29.3 Å². The number of hydrogen-bond donors (Lipinski definition) is 0. The van der Waals surface area contributed by atoms with Crippen LogP contribution in [0, 0.1) is 5.82 Å². The van der Waals surface area contributed by atoms with Crippen molar-refractivity contribution in [1.82, 2.24) is 14.5 Å². The molecule has 3 heterocycles. The van der Waals surface area contributed by atoms with Crippen molar-refractivity contribution in [2.24, 2.45) is 0 Å². The van der Waals surface area contributed by atoms with Crippen LogP contribution in [0.5, 0.6) is 0 Å². The maximum absolute atomic E-state index is 14.9. The lowest BCUT2D eigenvalue weighted by Gasteiger charge is -2.24. The summed E-state index contributed by atoms with van der Waals surface area (Å²) in [5.74, 6) is -1.51. The van der Waals surface area contributed by atoms with E-state index in [0.29, 0.717) is 22.0 Å². The summed E-state index contributed by atoms with van der Waals surface area (Å²) in [6.07, 6.45) is 4.63. The number of carbonyl (C=O) groups is 3. The van der Waals surface area contributed by atoms with Crippen molar-refractivity contribution in [2.75, 3.05) is 6.54 Å². The highest BCUT2D eigenvalue weighted by molar-refractivity contribution is 6.30. The van der Waals surface area contributed by atoms with Gasteiger partial charge in [0.25, 0.3) is 0 Å². The zero-order valence-electron chi connectivity index (χ0n) is 18.9. The van der Waals surface area contributed by atoms with Crippen LogP contribution >= 0.6 is 11.6 Å². The Bertz CT molecular complexity index is 1290. The highest BCUT2D eigenvalue weighted by Gasteiger charge is 2.46. The third-order valence-corrected chi connectivity index (χ3v) is 6.52. The van der Waals surface area contributed by atoms with Gasteiger partial charge in [0.15, 0.2) is 11.6 Å². The molecule has 3 aromatic rings. The number of benzene rings is 1. The summed E-state index contributed by atoms with van der Waals surface area (Å²) in [7, 11) is 0. The predicted molar refractivity (Wildman–Crippen MR) is 124 cm³/mol. The Morgan fingerprint density at radius 1 is 1.26 bits per heavy atom. The Hall–Kier alpha value is -3.13. The fourth-order valence-corrected chi connectivity index (χ4v) is 4.74. The third kappa shape index (κ3) is 4.73. The third-order valence-electron chi connectivity index (χ3n) is 6.23. The van der Waals surface area contributed by atoms with Gasteiger partial charge in [-0.3, -0.25) is 19.4 Å². The van der Waals surface area contributed by atoms with E-state index in [2.05, 4.69) is 4.98 Å². The van der Waals surface area contributed by atoms with Crippen molar-refractivity contribution in [3.05, 3.63) is 64.8 Å². The van der Waals surface area contributed by atoms with Gasteiger partial charge in [-0.1, -0.05) is 23.7 Å². The molecule has 1 aliphatic heterocycles. The van der Waals surface area contributed by atoms with Crippen molar-refractivity contribution in [3.8, 4) is 0 Å². The Balaban J connectivity index is 1.53. The zero-order chi connectivity index (χ0) is 24.6. The molecule has 1 saturated heterocycles. The van der Waals surface area contributed by atoms with Crippen LogP contribution in [0.1, 0.15) is 42.6 Å². The molecule has 1 aliphatic rings. The van der Waals surface area contributed by atoms with Gasteiger partial charge in [-0.15, -0.1) is 0 Å². The highest BCUT2D eigenvalue weighted by Crippen LogP contribution is 2.32. The number of aromatic nitrogens is 2. The molecule has 1 aromatic carbocycles. The average molecular weight is 488 g/mol. The summed E-state index contributed by atoms with van der Waals surface area (Å²) in [5.41, 5.74) is -0.370. The summed E-state index contributed by atoms with van der Waals surface area (Å²) < 4.78 is 30.7. The van der Waals surface area contributed by atoms with E-state index < -0.39 is 23.4 Å². The normalized spacial score (nSPS) is 20.1. The van der Waals surface area contributed by atoms with Gasteiger partial charge in [0, 0.05) is 36.2 Å². The molecule has 0 saturated carbocycles. The summed E-state index contributed by atoms with van der Waals surface area (Å²) in [6.45, 7) is 2.41. The van der Waals surface area contributed by atoms with E-state index in [1.165, 1.54) is 24.8 Å². The molecular weight excluding hydrogens is 464 g/mol. The molecule has 2 aromatic heterocycles. The topological polar surface area (TPSA) is 72.3 Å². The number of likely N-dealkylation sites (tertiary alicyclic amines) is 1. The van der Waals surface area contributed by atoms with Crippen LogP contribution < -0.4 is 0 Å². The van der Waals surface area contributed by atoms with E-state index in [4.69, 9.17) is 11.6 Å². The molecule has 1 amide bonds. The first-order valence-electron chi connectivity index (χ1n) is 10.9. The largest absolute Gasteiger partial charge is 0.336 e. The van der Waals surface area contributed by atoms with E-state index >= 15 is 0 Å². The molecule has 0 N–H and O–H groups in total. The van der Waals surface area contributed by atoms with Crippen LogP contribution in [0.2, 0.25) is 5.02 Å². The molecule has 0 unspecified atom stereocenters. The molecule has 0 aliphatic carbocycles. The van der Waals surface area contributed by atoms with E-state index in [1.807, 2.05) is 0 Å². The van der Waals surface area contributed by atoms with Crippen LogP contribution in [-0.2, 0) is 22.6 Å². The Labute approximate surface area is 200 Å². The number of pyridine rings is 1. The van der Waals surface area contributed by atoms with E-state index in [0.717, 1.165) is 0 Å². The minimum absolute atomic E-state index is 0.0303. The predicted octanol–water partition coefficient (Wildman–Crippen LogP) is 4.56. The molecule has 6 nitrogen and oxygen atoms in total. The lowest BCUT2D eigenvalue weighted by molar-refractivity contribution is -0.138. The maximum atomic E-state index is 14.9. The number of rotatable bonds is 7. The fourth-order valence-electron chi connectivity index (χ4n) is 4.54. The number of halogens is 3. The average Bonchev–Trinajstić information content (AvgIpc) is 3.32. The fraction of sp³-hybridized carbons (Fsp3) is 0.360. The summed E-state index contributed by atoms with van der Waals surface area (Å²) in [4.78, 5) is 43.6. The van der Waals surface area contributed by atoms with E-state index in [-0.39, 0.29) is 48.9 Å². The monoisotopic (exact) mass is 487 g/mol. The molecule has 0 bridgehead atoms. The van der Waals surface area contributed by atoms with Crippen molar-refractivity contribution < 1.29 is 23.2 Å². The van der Waals surface area contributed by atoms with Crippen LogP contribution in [0.3, 0.4) is 0 Å². The molecule has 9 heteroatoms. The number of fused-ring (bicyclic) bond motifs is 1. The number of amides is 1. The second-order valence-electron chi connectivity index (χ2n) is 8.95. The van der Waals surface area contributed by atoms with Gasteiger partial charge in [-0.25, -0.2) is 8.78 Å². The zero-order valence-corrected chi connectivity index (χ0v) is 19.6. The summed E-state index contributed by atoms with van der Waals surface area (Å²) in [5, 5.41) is 0.639. The van der Waals surface area contributed by atoms with E-state index in [1.54, 1.807) is 41.4 Å². The Morgan fingerprint density at radius 2 is 2.03 bits per heavy atom. The Morgan fingerprint density at radius 3 is 2.76 bits per heavy atom. The highest BCUT2D eigenvalue weighted by atomic mass is 35.5. The second-order valence-corrected chi connectivity index (χ2v) is 9.36. The van der Waals surface area contributed by atoms with E-state index in [9.17, 15) is 23.2 Å². The maximum Gasteiger partial charge on any atom is 0.243 e. The first-order chi connectivity index (χ1) is 16.1. The van der Waals surface area contributed by atoms with Crippen LogP contribution in [-0.4, -0.2) is 50.2 Å². The smallest absolute Gasteiger partial charge is 0.243 e. The first kappa shape index (κ1) is 24.0. The van der Waals surface area contributed by atoms with Gasteiger partial charge in [-0.2, -0.15) is 0 Å². The van der Waals surface area contributed by atoms with Gasteiger partial charge < -0.3 is 9.47 Å². The number of ketones is 2. The SMILES string of the molecule is CC(=O)c1cn(CC(=O)N2C[C@](C)(F)C[C@H]2C(=O)CCc2cccc(Cl)c2F)c2cnccc12. The molecule has 34 heavy (non-hydrogen) atoms. The molecule has 4 rings (SSSR count). The molecule has 1 fully saturated rings. The van der Waals surface area contributed by atoms with Gasteiger partial charge in [0.1, 0.15) is 18.0 Å². The Kier molecular flexibility index (Phi) is 6.53. The number of nitrogens with zero attached hydrogens (tertiary/aromatic N) is 3. The lowest BCUT2D eigenvalue weighted by Crippen LogP contribution is -2.42. The number of Topliss-reactive ketones (excluding diaryl/α,β-unsaturated/α-hetero) is 2. The molecular formula is C25H24ClF2N3O3. The van der Waals surface area contributed by atoms with Crippen molar-refractivity contribution in [1.29, 1.82) is 0 Å². The van der Waals surface area contributed by atoms with Crippen molar-refractivity contribution in [3.63, 3.8) is 0 Å². The summed E-state index contributed by atoms with van der Waals surface area (Å²) in [6, 6.07) is 5.32. The van der Waals surface area contributed by atoms with Gasteiger partial charge >= 0.3 is 0 Å². The molecule has 0 radical (unpaired) electrons. The second kappa shape index (κ2) is 9.25. The number of alkyl halides is 1. The van der Waals surface area contributed by atoms with Crippen LogP contribution in [0.25, 0.3) is 10.9 Å². The quantitative estimate of drug-likeness (QED) is 0.458. The van der Waals surface area contributed by atoms with Gasteiger partial charge in [0.2, 0.25) is 5.91 Å². The van der Waals surface area contributed by atoms with Crippen molar-refractivity contribution >= 4 is 40.0 Å². The lowest BCUT2D eigenvalue weighted by atomic mass is 9.98. The molecule has 0 spiro atoms. The molecule has 178 valence electrons. The minimum Gasteiger partial charge on any atom is -0.336 e. The van der Waals surface area contributed by atoms with Crippen LogP contribution in [0.4, 0.5) is 8.78 Å². The minimum atomic E-state index is -1.72. The van der Waals surface area contributed by atoms with Crippen LogP contribution in [0.15, 0.2) is 42.9 Å². The van der Waals surface area contributed by atoms with Gasteiger partial charge in [-0.05, 0) is 38.0 Å². The number of aryl methyl sites for hydroxylation is 1. The van der Waals surface area contributed by atoms with Crippen molar-refractivity contribution in [2.45, 2.75) is 51.4 Å².